The van der Waals surface area contributed by atoms with Crippen LogP contribution in [0.5, 0.6) is 5.75 Å². The molecule has 2 aliphatic rings. The summed E-state index contributed by atoms with van der Waals surface area (Å²) in [6.45, 7) is 3.15. The second-order valence-corrected chi connectivity index (χ2v) is 11.3. The smallest absolute Gasteiger partial charge is 0.253 e. The van der Waals surface area contributed by atoms with Gasteiger partial charge in [-0.25, -0.2) is 17.1 Å². The summed E-state index contributed by atoms with van der Waals surface area (Å²) in [6.07, 6.45) is 3.54. The minimum absolute atomic E-state index is 0.0223. The highest BCUT2D eigenvalue weighted by Crippen LogP contribution is 2.26. The lowest BCUT2D eigenvalue weighted by molar-refractivity contribution is 0.0416. The maximum atomic E-state index is 13.8. The summed E-state index contributed by atoms with van der Waals surface area (Å²) in [6, 6.07) is 13.1. The number of sulfonamides is 1. The number of carbonyl (C=O) groups excluding carboxylic acids is 1. The van der Waals surface area contributed by atoms with Crippen molar-refractivity contribution in [1.82, 2.24) is 14.1 Å². The first-order valence-electron chi connectivity index (χ1n) is 11.7. The summed E-state index contributed by atoms with van der Waals surface area (Å²) in [4.78, 5) is 17.4. The number of ether oxygens (including phenoxy) is 1. The third kappa shape index (κ3) is 5.42. The van der Waals surface area contributed by atoms with Crippen LogP contribution in [0.3, 0.4) is 0 Å². The van der Waals surface area contributed by atoms with Gasteiger partial charge in [-0.3, -0.25) is 9.69 Å². The van der Waals surface area contributed by atoms with Gasteiger partial charge in [-0.1, -0.05) is 12.1 Å². The lowest BCUT2D eigenvalue weighted by atomic mass is 9.98. The van der Waals surface area contributed by atoms with E-state index in [1.54, 1.807) is 30.3 Å². The topological polar surface area (TPSA) is 70.2 Å². The Morgan fingerprint density at radius 1 is 0.941 bits per heavy atom. The Labute approximate surface area is 201 Å². The average molecular weight is 490 g/mol. The molecule has 4 rings (SSSR count). The van der Waals surface area contributed by atoms with Crippen molar-refractivity contribution in [2.24, 2.45) is 0 Å². The van der Waals surface area contributed by atoms with Gasteiger partial charge < -0.3 is 9.64 Å². The fourth-order valence-corrected chi connectivity index (χ4v) is 5.58. The van der Waals surface area contributed by atoms with E-state index in [-0.39, 0.29) is 22.7 Å². The first kappa shape index (κ1) is 24.6. The normalized spacial score (nSPS) is 18.9. The van der Waals surface area contributed by atoms with Crippen LogP contribution in [0, 0.1) is 5.82 Å². The van der Waals surface area contributed by atoms with Crippen molar-refractivity contribution in [3.05, 3.63) is 59.9 Å². The van der Waals surface area contributed by atoms with E-state index in [2.05, 4.69) is 4.90 Å². The maximum absolute atomic E-state index is 13.8. The molecule has 2 aliphatic heterocycles. The number of carbonyl (C=O) groups is 1. The fourth-order valence-electron chi connectivity index (χ4n) is 4.68. The Balaban J connectivity index is 1.26. The number of amides is 1. The number of piperidine rings is 2. The highest BCUT2D eigenvalue weighted by molar-refractivity contribution is 7.89. The third-order valence-electron chi connectivity index (χ3n) is 6.75. The van der Waals surface area contributed by atoms with Gasteiger partial charge in [0.15, 0.2) is 11.6 Å². The van der Waals surface area contributed by atoms with Crippen LogP contribution in [0.25, 0.3) is 0 Å². The molecule has 184 valence electrons. The second-order valence-electron chi connectivity index (χ2n) is 9.12. The number of hydrogen-bond donors (Lipinski definition) is 0. The molecule has 2 fully saturated rings. The highest BCUT2D eigenvalue weighted by Gasteiger charge is 2.31. The van der Waals surface area contributed by atoms with Crippen molar-refractivity contribution in [1.29, 1.82) is 0 Å². The first-order valence-corrected chi connectivity index (χ1v) is 13.2. The molecule has 2 heterocycles. The number of rotatable bonds is 6. The van der Waals surface area contributed by atoms with E-state index in [0.29, 0.717) is 30.4 Å². The predicted octanol–water partition coefficient (Wildman–Crippen LogP) is 3.22. The lowest BCUT2D eigenvalue weighted by Gasteiger charge is -2.41. The molecule has 0 radical (unpaired) electrons. The molecule has 2 aromatic carbocycles. The van der Waals surface area contributed by atoms with E-state index in [1.807, 2.05) is 4.90 Å². The van der Waals surface area contributed by atoms with Crippen molar-refractivity contribution >= 4 is 15.9 Å². The number of hydrogen-bond acceptors (Lipinski definition) is 5. The molecule has 0 aromatic heterocycles. The van der Waals surface area contributed by atoms with Gasteiger partial charge in [0.1, 0.15) is 6.10 Å². The number of nitrogens with zero attached hydrogens (tertiary/aromatic N) is 3. The molecule has 9 heteroatoms. The van der Waals surface area contributed by atoms with E-state index >= 15 is 0 Å². The van der Waals surface area contributed by atoms with Gasteiger partial charge in [0.25, 0.3) is 5.91 Å². The molecule has 2 saturated heterocycles. The zero-order valence-corrected chi connectivity index (χ0v) is 20.5. The van der Waals surface area contributed by atoms with Gasteiger partial charge in [0.05, 0.1) is 4.90 Å². The van der Waals surface area contributed by atoms with Crippen LogP contribution in [0.15, 0.2) is 53.4 Å². The van der Waals surface area contributed by atoms with Gasteiger partial charge in [-0.15, -0.1) is 0 Å². The Bertz CT molecular complexity index is 1090. The molecule has 0 unspecified atom stereocenters. The minimum Gasteiger partial charge on any atom is -0.487 e. The highest BCUT2D eigenvalue weighted by atomic mass is 32.2. The summed E-state index contributed by atoms with van der Waals surface area (Å²) in [5, 5.41) is 0. The Morgan fingerprint density at radius 3 is 2.15 bits per heavy atom. The summed E-state index contributed by atoms with van der Waals surface area (Å²) in [5.41, 5.74) is 0.502. The van der Waals surface area contributed by atoms with Gasteiger partial charge in [0, 0.05) is 51.9 Å². The van der Waals surface area contributed by atoms with Crippen molar-refractivity contribution in [3.8, 4) is 5.75 Å². The maximum Gasteiger partial charge on any atom is 0.253 e. The molecule has 1 amide bonds. The van der Waals surface area contributed by atoms with Crippen molar-refractivity contribution < 1.29 is 22.3 Å². The molecule has 0 bridgehead atoms. The van der Waals surface area contributed by atoms with Crippen molar-refractivity contribution in [2.45, 2.75) is 42.7 Å². The monoisotopic (exact) mass is 489 g/mol. The number of para-hydroxylation sites is 1. The molecule has 2 aromatic rings. The summed E-state index contributed by atoms with van der Waals surface area (Å²) < 4.78 is 45.3. The standard InChI is InChI=1S/C25H32FN3O4S/c1-27(2)34(31,32)22-9-7-19(8-10-22)25(30)29-15-11-20(12-16-29)28-17-13-21(14-18-28)33-24-6-4-3-5-23(24)26/h3-10,20-21H,11-18H2,1-2H3. The summed E-state index contributed by atoms with van der Waals surface area (Å²) in [7, 11) is -0.546. The zero-order chi connectivity index (χ0) is 24.3. The van der Waals surface area contributed by atoms with Crippen LogP contribution in [0.4, 0.5) is 4.39 Å². The third-order valence-corrected chi connectivity index (χ3v) is 8.58. The predicted molar refractivity (Wildman–Crippen MR) is 128 cm³/mol. The summed E-state index contributed by atoms with van der Waals surface area (Å²) >= 11 is 0. The van der Waals surface area contributed by atoms with Crippen molar-refractivity contribution in [3.63, 3.8) is 0 Å². The molecule has 7 nitrogen and oxygen atoms in total. The lowest BCUT2D eigenvalue weighted by Crippen LogP contribution is -2.50. The first-order chi connectivity index (χ1) is 16.3. The van der Waals surface area contributed by atoms with Crippen LogP contribution in [0.2, 0.25) is 0 Å². The minimum atomic E-state index is -3.51. The zero-order valence-electron chi connectivity index (χ0n) is 19.7. The van der Waals surface area contributed by atoms with Gasteiger partial charge >= 0.3 is 0 Å². The fraction of sp³-hybridized carbons (Fsp3) is 0.480. The van der Waals surface area contributed by atoms with Gasteiger partial charge in [-0.05, 0) is 62.1 Å². The van der Waals surface area contributed by atoms with Gasteiger partial charge in [-0.2, -0.15) is 0 Å². The number of halogens is 1. The Morgan fingerprint density at radius 2 is 1.56 bits per heavy atom. The SMILES string of the molecule is CN(C)S(=O)(=O)c1ccc(C(=O)N2CCC(N3CCC(Oc4ccccc4F)CC3)CC2)cc1. The molecule has 0 atom stereocenters. The van der Waals surface area contributed by atoms with E-state index in [1.165, 1.54) is 32.3 Å². The van der Waals surface area contributed by atoms with Crippen LogP contribution < -0.4 is 4.74 Å². The quantitative estimate of drug-likeness (QED) is 0.623. The molecule has 0 aliphatic carbocycles. The molecule has 0 saturated carbocycles. The van der Waals surface area contributed by atoms with E-state index < -0.39 is 10.0 Å². The second kappa shape index (κ2) is 10.4. The molecule has 0 N–H and O–H groups in total. The van der Waals surface area contributed by atoms with Crippen LogP contribution in [-0.2, 0) is 10.0 Å². The van der Waals surface area contributed by atoms with E-state index in [0.717, 1.165) is 43.1 Å². The van der Waals surface area contributed by atoms with E-state index in [9.17, 15) is 17.6 Å². The van der Waals surface area contributed by atoms with E-state index in [4.69, 9.17) is 4.74 Å². The summed E-state index contributed by atoms with van der Waals surface area (Å²) in [5.74, 6) is -0.0692. The van der Waals surface area contributed by atoms with Gasteiger partial charge in [0.2, 0.25) is 10.0 Å². The molecular weight excluding hydrogens is 457 g/mol. The molecule has 0 spiro atoms. The molecule has 34 heavy (non-hydrogen) atoms. The largest absolute Gasteiger partial charge is 0.487 e. The Hall–Kier alpha value is -2.49. The Kier molecular flexibility index (Phi) is 7.54. The average Bonchev–Trinajstić information content (AvgIpc) is 2.85. The number of benzene rings is 2. The van der Waals surface area contributed by atoms with Crippen LogP contribution in [-0.4, -0.2) is 80.9 Å². The van der Waals surface area contributed by atoms with Crippen molar-refractivity contribution in [2.75, 3.05) is 40.3 Å². The number of likely N-dealkylation sites (tertiary alicyclic amines) is 2. The van der Waals surface area contributed by atoms with Crippen LogP contribution >= 0.6 is 0 Å². The molecular formula is C25H32FN3O4S. The van der Waals surface area contributed by atoms with Crippen LogP contribution in [0.1, 0.15) is 36.0 Å².